The fraction of sp³-hybridized carbons (Fsp3) is 0.316. The van der Waals surface area contributed by atoms with E-state index in [1.54, 1.807) is 42.7 Å². The van der Waals surface area contributed by atoms with Gasteiger partial charge in [0, 0.05) is 60.8 Å². The van der Waals surface area contributed by atoms with E-state index in [0.29, 0.717) is 34.5 Å². The van der Waals surface area contributed by atoms with E-state index < -0.39 is 0 Å². The smallest absolute Gasteiger partial charge is 0.205 e. The topological polar surface area (TPSA) is 63.1 Å². The second-order valence-electron chi connectivity index (χ2n) is 10.6. The van der Waals surface area contributed by atoms with Crippen LogP contribution in [-0.4, -0.2) is 54.2 Å². The third-order valence-corrected chi connectivity index (χ3v) is 10.1. The van der Waals surface area contributed by atoms with Gasteiger partial charge in [-0.25, -0.2) is 0 Å². The summed E-state index contributed by atoms with van der Waals surface area (Å²) in [7, 11) is 13.6. The Hall–Kier alpha value is -4.28. The molecule has 0 amide bonds. The lowest BCUT2D eigenvalue weighted by Crippen LogP contribution is -2.36. The summed E-state index contributed by atoms with van der Waals surface area (Å²) >= 11 is 0. The molecule has 0 radical (unpaired) electrons. The number of methoxy groups -OCH3 is 6. The molecular weight excluding hydrogens is 645 g/mol. The molecule has 2 aromatic heterocycles. The van der Waals surface area contributed by atoms with Crippen molar-refractivity contribution in [3.8, 4) is 34.5 Å². The molecule has 0 atom stereocenters. The summed E-state index contributed by atoms with van der Waals surface area (Å²) in [6, 6.07) is 20.3. The molecule has 2 aromatic carbocycles. The molecule has 0 bridgehead atoms. The van der Waals surface area contributed by atoms with Crippen LogP contribution in [0.3, 0.4) is 0 Å². The lowest BCUT2D eigenvalue weighted by molar-refractivity contribution is -0.698. The van der Waals surface area contributed by atoms with Gasteiger partial charge in [0.1, 0.15) is 13.1 Å². The molecule has 48 heavy (non-hydrogen) atoms. The van der Waals surface area contributed by atoms with Gasteiger partial charge in [0.05, 0.1) is 42.7 Å². The number of benzene rings is 2. The molecular formula is C38H46N2O6S2+2. The van der Waals surface area contributed by atoms with Gasteiger partial charge in [-0.05, 0) is 59.7 Å². The van der Waals surface area contributed by atoms with Crippen molar-refractivity contribution >= 4 is 45.9 Å². The normalized spacial score (nSPS) is 11.2. The molecule has 0 spiro atoms. The van der Waals surface area contributed by atoms with Crippen molar-refractivity contribution in [2.24, 2.45) is 0 Å². The minimum absolute atomic E-state index is 0.590. The summed E-state index contributed by atoms with van der Waals surface area (Å²) in [5, 5.41) is 0. The highest BCUT2D eigenvalue weighted by molar-refractivity contribution is 8.76. The summed E-state index contributed by atoms with van der Waals surface area (Å²) in [5.41, 5.74) is 4.22. The van der Waals surface area contributed by atoms with Crippen LogP contribution in [0.15, 0.2) is 73.1 Å². The molecule has 0 aliphatic rings. The maximum Gasteiger partial charge on any atom is 0.205 e. The number of hydrogen-bond donors (Lipinski definition) is 0. The number of pyridine rings is 2. The van der Waals surface area contributed by atoms with Crippen LogP contribution in [0, 0.1) is 0 Å². The van der Waals surface area contributed by atoms with E-state index in [1.165, 1.54) is 0 Å². The first-order chi connectivity index (χ1) is 23.5. The average molecular weight is 691 g/mol. The summed E-state index contributed by atoms with van der Waals surface area (Å²) in [6.07, 6.45) is 14.8. The van der Waals surface area contributed by atoms with Crippen molar-refractivity contribution < 1.29 is 37.6 Å². The second-order valence-corrected chi connectivity index (χ2v) is 13.3. The number of ether oxygens (including phenoxy) is 6. The molecule has 0 fully saturated rings. The Kier molecular flexibility index (Phi) is 14.9. The van der Waals surface area contributed by atoms with E-state index in [2.05, 4.69) is 82.2 Å². The van der Waals surface area contributed by atoms with Crippen LogP contribution in [0.25, 0.3) is 24.3 Å². The summed E-state index contributed by atoms with van der Waals surface area (Å²) < 4.78 is 37.5. The first kappa shape index (κ1) is 36.6. The Morgan fingerprint density at radius 1 is 0.500 bits per heavy atom. The van der Waals surface area contributed by atoms with E-state index in [1.807, 2.05) is 45.9 Å². The third-order valence-electron chi connectivity index (χ3n) is 7.56. The van der Waals surface area contributed by atoms with Gasteiger partial charge >= 0.3 is 0 Å². The zero-order chi connectivity index (χ0) is 34.1. The first-order valence-electron chi connectivity index (χ1n) is 15.7. The molecule has 8 nitrogen and oxygen atoms in total. The van der Waals surface area contributed by atoms with E-state index in [9.17, 15) is 0 Å². The number of nitrogens with zero attached hydrogens (tertiary/aromatic N) is 2. The highest BCUT2D eigenvalue weighted by atomic mass is 33.1. The van der Waals surface area contributed by atoms with Gasteiger partial charge in [-0.1, -0.05) is 21.6 Å². The predicted molar refractivity (Wildman–Crippen MR) is 197 cm³/mol. The van der Waals surface area contributed by atoms with Gasteiger partial charge in [0.25, 0.3) is 0 Å². The lowest BCUT2D eigenvalue weighted by Gasteiger charge is -2.12. The van der Waals surface area contributed by atoms with Crippen LogP contribution < -0.4 is 37.6 Å². The standard InChI is InChI=1S/C38H46N2O6S2/c1-41-33-25-29(26-34(42-2)37(33)45-5)15-17-31-13-7-9-19-39(31)21-11-23-47-48-24-12-22-40-20-10-8-14-32(40)18-16-30-27-35(43-3)38(46-6)36(28-30)44-4/h7-10,13-20,25-28H,11-12,21-24H2,1-6H3/q+2/b17-15+,18-16+. The van der Waals surface area contributed by atoms with Crippen molar-refractivity contribution in [2.75, 3.05) is 54.2 Å². The minimum Gasteiger partial charge on any atom is -0.493 e. The molecule has 0 saturated heterocycles. The Morgan fingerprint density at radius 2 is 0.875 bits per heavy atom. The van der Waals surface area contributed by atoms with Crippen molar-refractivity contribution in [2.45, 2.75) is 25.9 Å². The second kappa shape index (κ2) is 19.5. The maximum atomic E-state index is 5.51. The van der Waals surface area contributed by atoms with Crippen molar-refractivity contribution in [3.63, 3.8) is 0 Å². The Labute approximate surface area is 292 Å². The highest BCUT2D eigenvalue weighted by Gasteiger charge is 2.14. The summed E-state index contributed by atoms with van der Waals surface area (Å²) in [6.45, 7) is 1.90. The van der Waals surface area contributed by atoms with Gasteiger partial charge in [-0.2, -0.15) is 9.13 Å². The molecule has 0 N–H and O–H groups in total. The van der Waals surface area contributed by atoms with E-state index >= 15 is 0 Å². The number of hydrogen-bond acceptors (Lipinski definition) is 8. The maximum absolute atomic E-state index is 5.51. The third kappa shape index (κ3) is 10.1. The SMILES string of the molecule is COc1cc(/C=C/c2cccc[n+]2CCCSSCCC[n+]2ccccc2/C=C/c2cc(OC)c(OC)c(OC)c2)cc(OC)c1OC. The van der Waals surface area contributed by atoms with Gasteiger partial charge in [0.2, 0.25) is 22.9 Å². The first-order valence-corrected chi connectivity index (χ1v) is 18.2. The molecule has 0 aliphatic carbocycles. The molecule has 4 aromatic rings. The number of aryl methyl sites for hydroxylation is 2. The Bertz CT molecular complexity index is 1500. The zero-order valence-corrected chi connectivity index (χ0v) is 30.3. The van der Waals surface area contributed by atoms with E-state index in [-0.39, 0.29) is 0 Å². The van der Waals surface area contributed by atoms with E-state index in [4.69, 9.17) is 28.4 Å². The molecule has 0 saturated carbocycles. The summed E-state index contributed by atoms with van der Waals surface area (Å²) in [4.78, 5) is 0. The van der Waals surface area contributed by atoms with Crippen LogP contribution in [0.1, 0.15) is 35.4 Å². The molecule has 2 heterocycles. The van der Waals surface area contributed by atoms with Crippen LogP contribution >= 0.6 is 21.6 Å². The van der Waals surface area contributed by atoms with E-state index in [0.717, 1.165) is 60.0 Å². The molecule has 10 heteroatoms. The number of rotatable bonds is 19. The van der Waals surface area contributed by atoms with Gasteiger partial charge in [-0.3, -0.25) is 0 Å². The quantitative estimate of drug-likeness (QED) is 0.0569. The fourth-order valence-electron chi connectivity index (χ4n) is 5.15. The molecule has 4 rings (SSSR count). The number of aromatic nitrogens is 2. The Balaban J connectivity index is 1.24. The minimum atomic E-state index is 0.590. The van der Waals surface area contributed by atoms with Gasteiger partial charge in [0.15, 0.2) is 35.4 Å². The van der Waals surface area contributed by atoms with Gasteiger partial charge in [-0.15, -0.1) is 0 Å². The monoisotopic (exact) mass is 690 g/mol. The van der Waals surface area contributed by atoms with Crippen molar-refractivity contribution in [3.05, 3.63) is 95.6 Å². The molecule has 0 unspecified atom stereocenters. The fourth-order valence-corrected chi connectivity index (χ4v) is 7.30. The predicted octanol–water partition coefficient (Wildman–Crippen LogP) is 7.52. The van der Waals surface area contributed by atoms with Crippen molar-refractivity contribution in [1.29, 1.82) is 0 Å². The Morgan fingerprint density at radius 3 is 1.21 bits per heavy atom. The lowest BCUT2D eigenvalue weighted by atomic mass is 10.1. The van der Waals surface area contributed by atoms with Crippen LogP contribution in [0.5, 0.6) is 34.5 Å². The van der Waals surface area contributed by atoms with Crippen LogP contribution in [-0.2, 0) is 13.1 Å². The average Bonchev–Trinajstić information content (AvgIpc) is 3.13. The summed E-state index contributed by atoms with van der Waals surface area (Å²) in [5.74, 6) is 5.91. The van der Waals surface area contributed by atoms with Gasteiger partial charge < -0.3 is 28.4 Å². The van der Waals surface area contributed by atoms with Crippen LogP contribution in [0.2, 0.25) is 0 Å². The van der Waals surface area contributed by atoms with Crippen molar-refractivity contribution in [1.82, 2.24) is 0 Å². The molecule has 254 valence electrons. The zero-order valence-electron chi connectivity index (χ0n) is 28.6. The van der Waals surface area contributed by atoms with Crippen LogP contribution in [0.4, 0.5) is 0 Å². The molecule has 0 aliphatic heterocycles. The largest absolute Gasteiger partial charge is 0.493 e. The highest BCUT2D eigenvalue weighted by Crippen LogP contribution is 2.39.